The van der Waals surface area contributed by atoms with E-state index in [0.717, 1.165) is 22.9 Å². The Morgan fingerprint density at radius 3 is 2.83 bits per heavy atom. The number of fused-ring (bicyclic) bond motifs is 2. The lowest BCUT2D eigenvalue weighted by Gasteiger charge is -2.28. The van der Waals surface area contributed by atoms with Gasteiger partial charge in [-0.25, -0.2) is 9.07 Å². The van der Waals surface area contributed by atoms with Gasteiger partial charge < -0.3 is 25.3 Å². The van der Waals surface area contributed by atoms with Crippen LogP contribution in [0.4, 0.5) is 4.39 Å². The van der Waals surface area contributed by atoms with Gasteiger partial charge in [-0.15, -0.1) is 5.92 Å². The molecule has 0 spiro atoms. The largest absolute Gasteiger partial charge is 0.486 e. The molecule has 0 bridgehead atoms. The molecule has 1 unspecified atom stereocenters. The predicted octanol–water partition coefficient (Wildman–Crippen LogP) is 5.69. The quantitative estimate of drug-likeness (QED) is 0.276. The number of carbonyl (C=O) groups is 1. The number of allylic oxidation sites excluding steroid dienone is 3. The minimum absolute atomic E-state index is 0.232. The number of benzene rings is 2. The van der Waals surface area contributed by atoms with Crippen molar-refractivity contribution in [2.45, 2.75) is 64.6 Å². The fourth-order valence-electron chi connectivity index (χ4n) is 4.54. The summed E-state index contributed by atoms with van der Waals surface area (Å²) in [6.45, 7) is 6.58. The molecule has 216 valence electrons. The van der Waals surface area contributed by atoms with Crippen molar-refractivity contribution in [1.82, 2.24) is 15.1 Å². The molecule has 2 aromatic carbocycles. The number of nitrogens with one attached hydrogen (secondary N) is 1. The molecule has 2 heterocycles. The number of hydrogen-bond donors (Lipinski definition) is 2. The van der Waals surface area contributed by atoms with Gasteiger partial charge in [-0.2, -0.15) is 5.10 Å². The van der Waals surface area contributed by atoms with Gasteiger partial charge in [0.05, 0.1) is 30.0 Å². The summed E-state index contributed by atoms with van der Waals surface area (Å²) in [6, 6.07) is 10.1. The normalized spacial score (nSPS) is 15.2. The van der Waals surface area contributed by atoms with Gasteiger partial charge in [0, 0.05) is 11.8 Å². The molecule has 3 N–H and O–H groups in total. The number of halogens is 1. The Bertz CT molecular complexity index is 1470. The number of carbonyl (C=O) groups excluding carboxylic acids is 1. The van der Waals surface area contributed by atoms with Gasteiger partial charge in [-0.1, -0.05) is 31.4 Å². The number of nitrogens with two attached hydrogens (primary N) is 1. The fourth-order valence-corrected chi connectivity index (χ4v) is 4.54. The molecule has 0 saturated carbocycles. The summed E-state index contributed by atoms with van der Waals surface area (Å²) in [5, 5.41) is 8.13. The first-order chi connectivity index (χ1) is 19.9. The molecule has 1 aliphatic rings. The summed E-state index contributed by atoms with van der Waals surface area (Å²) >= 11 is 0. The van der Waals surface area contributed by atoms with Crippen LogP contribution in [0.5, 0.6) is 17.2 Å². The predicted molar refractivity (Wildman–Crippen MR) is 158 cm³/mol. The van der Waals surface area contributed by atoms with Gasteiger partial charge >= 0.3 is 0 Å². The summed E-state index contributed by atoms with van der Waals surface area (Å²) < 4.78 is 34.0. The maximum absolute atomic E-state index is 14.5. The number of hydrogen-bond acceptors (Lipinski definition) is 6. The number of ether oxygens (including phenoxy) is 3. The Labute approximate surface area is 240 Å². The first-order valence-electron chi connectivity index (χ1n) is 13.9. The molecule has 0 aliphatic carbocycles. The Morgan fingerprint density at radius 1 is 1.24 bits per heavy atom. The van der Waals surface area contributed by atoms with Crippen LogP contribution in [0.3, 0.4) is 0 Å². The highest BCUT2D eigenvalue weighted by Gasteiger charge is 2.27. The number of aromatic nitrogens is 2. The number of nitrogens with zero attached hydrogens (tertiary/aromatic N) is 2. The Balaban J connectivity index is 1.56. The van der Waals surface area contributed by atoms with E-state index in [0.29, 0.717) is 43.3 Å². The molecule has 1 aromatic heterocycles. The van der Waals surface area contributed by atoms with Crippen molar-refractivity contribution in [3.05, 3.63) is 66.1 Å². The van der Waals surface area contributed by atoms with Crippen LogP contribution >= 0.6 is 0 Å². The van der Waals surface area contributed by atoms with Crippen molar-refractivity contribution in [1.29, 1.82) is 0 Å². The topological polar surface area (TPSA) is 101 Å². The highest BCUT2D eigenvalue weighted by atomic mass is 19.1. The molecular formula is C32H37FN4O4. The van der Waals surface area contributed by atoms with E-state index in [1.54, 1.807) is 25.3 Å². The third-order valence-corrected chi connectivity index (χ3v) is 6.64. The van der Waals surface area contributed by atoms with E-state index in [1.807, 2.05) is 50.3 Å². The van der Waals surface area contributed by atoms with Crippen molar-refractivity contribution in [2.24, 2.45) is 5.73 Å². The Hall–Kier alpha value is -4.29. The van der Waals surface area contributed by atoms with E-state index in [1.165, 1.54) is 10.9 Å². The SMILES string of the molecule is CC#C/C=C\CC/C(F)=C\n1ncc2cc(O[C@H](c3ccc4c(c3)OCCO4)C(C)NC(=O)[C@@H](N)CCC)ccc21. The van der Waals surface area contributed by atoms with E-state index in [2.05, 4.69) is 22.3 Å². The zero-order valence-electron chi connectivity index (χ0n) is 23.7. The van der Waals surface area contributed by atoms with E-state index < -0.39 is 18.2 Å². The number of rotatable bonds is 12. The average Bonchev–Trinajstić information content (AvgIpc) is 3.37. The van der Waals surface area contributed by atoms with Crippen LogP contribution in [0, 0.1) is 11.8 Å². The second-order valence-corrected chi connectivity index (χ2v) is 9.86. The zero-order chi connectivity index (χ0) is 29.2. The van der Waals surface area contributed by atoms with Crippen molar-refractivity contribution >= 4 is 23.0 Å². The van der Waals surface area contributed by atoms with Crippen molar-refractivity contribution in [3.63, 3.8) is 0 Å². The molecule has 0 fully saturated rings. The zero-order valence-corrected chi connectivity index (χ0v) is 23.7. The van der Waals surface area contributed by atoms with E-state index >= 15 is 0 Å². The lowest BCUT2D eigenvalue weighted by molar-refractivity contribution is -0.123. The molecule has 41 heavy (non-hydrogen) atoms. The molecule has 1 amide bonds. The molecule has 3 atom stereocenters. The second-order valence-electron chi connectivity index (χ2n) is 9.86. The monoisotopic (exact) mass is 560 g/mol. The Morgan fingerprint density at radius 2 is 2.05 bits per heavy atom. The third kappa shape index (κ3) is 7.89. The highest BCUT2D eigenvalue weighted by Crippen LogP contribution is 2.35. The minimum atomic E-state index is -0.597. The molecule has 0 radical (unpaired) electrons. The first kappa shape index (κ1) is 29.7. The number of amides is 1. The van der Waals surface area contributed by atoms with Crippen LogP contribution in [0.2, 0.25) is 0 Å². The summed E-state index contributed by atoms with van der Waals surface area (Å²) in [5.41, 5.74) is 7.61. The molecule has 9 heteroatoms. The van der Waals surface area contributed by atoms with Gasteiger partial charge in [0.25, 0.3) is 0 Å². The minimum Gasteiger partial charge on any atom is -0.486 e. The van der Waals surface area contributed by atoms with E-state index in [9.17, 15) is 9.18 Å². The van der Waals surface area contributed by atoms with Crippen LogP contribution in [0.25, 0.3) is 17.1 Å². The second kappa shape index (κ2) is 14.4. The van der Waals surface area contributed by atoms with Crippen LogP contribution in [-0.2, 0) is 4.79 Å². The Kier molecular flexibility index (Phi) is 10.4. The van der Waals surface area contributed by atoms with E-state index in [4.69, 9.17) is 19.9 Å². The maximum atomic E-state index is 14.5. The van der Waals surface area contributed by atoms with Gasteiger partial charge in [0.15, 0.2) is 11.5 Å². The summed E-state index contributed by atoms with van der Waals surface area (Å²) in [6.07, 6.45) is 8.26. The van der Waals surface area contributed by atoms with Gasteiger partial charge in [0.1, 0.15) is 30.9 Å². The van der Waals surface area contributed by atoms with Crippen LogP contribution in [0.1, 0.15) is 58.1 Å². The van der Waals surface area contributed by atoms with E-state index in [-0.39, 0.29) is 18.2 Å². The van der Waals surface area contributed by atoms with Gasteiger partial charge in [-0.3, -0.25) is 4.79 Å². The summed E-state index contributed by atoms with van der Waals surface area (Å²) in [4.78, 5) is 12.7. The standard InChI is InChI=1S/C32H37FN4O4/c1-4-6-7-8-9-11-25(33)21-37-28-14-13-26(18-24(28)20-35-37)41-31(22(3)36-32(38)27(34)10-5-2)23-12-15-29-30(19-23)40-17-16-39-29/h7-8,12-15,18-22,27,31H,5,9-11,16-17,34H2,1-3H3,(H,36,38)/b8-7-,25-21+/t22?,27-,31-/m0/s1. The summed E-state index contributed by atoms with van der Waals surface area (Å²) in [7, 11) is 0. The van der Waals surface area contributed by atoms with Crippen LogP contribution in [-0.4, -0.2) is 41.0 Å². The van der Waals surface area contributed by atoms with Crippen molar-refractivity contribution in [2.75, 3.05) is 13.2 Å². The smallest absolute Gasteiger partial charge is 0.237 e. The molecule has 3 aromatic rings. The average molecular weight is 561 g/mol. The molecule has 0 saturated heterocycles. The molecule has 1 aliphatic heterocycles. The third-order valence-electron chi connectivity index (χ3n) is 6.64. The first-order valence-corrected chi connectivity index (χ1v) is 13.9. The van der Waals surface area contributed by atoms with Gasteiger partial charge in [-0.05, 0) is 68.7 Å². The van der Waals surface area contributed by atoms with Crippen molar-refractivity contribution in [3.8, 4) is 29.1 Å². The lowest BCUT2D eigenvalue weighted by atomic mass is 10.0. The summed E-state index contributed by atoms with van der Waals surface area (Å²) in [5.74, 6) is 6.94. The molecule has 8 nitrogen and oxygen atoms in total. The van der Waals surface area contributed by atoms with Crippen LogP contribution in [0.15, 0.2) is 60.6 Å². The van der Waals surface area contributed by atoms with Crippen LogP contribution < -0.4 is 25.3 Å². The maximum Gasteiger partial charge on any atom is 0.237 e. The molecular weight excluding hydrogens is 523 g/mol. The van der Waals surface area contributed by atoms with Gasteiger partial charge in [0.2, 0.25) is 5.91 Å². The fraction of sp³-hybridized carbons (Fsp3) is 0.375. The molecule has 4 rings (SSSR count). The highest BCUT2D eigenvalue weighted by molar-refractivity contribution is 5.82. The lowest BCUT2D eigenvalue weighted by Crippen LogP contribution is -2.47. The van der Waals surface area contributed by atoms with Crippen molar-refractivity contribution < 1.29 is 23.4 Å².